The van der Waals surface area contributed by atoms with Crippen LogP contribution in [0.4, 0.5) is 0 Å². The summed E-state index contributed by atoms with van der Waals surface area (Å²) < 4.78 is 5.32. The molecule has 0 bridgehead atoms. The van der Waals surface area contributed by atoms with Crippen molar-refractivity contribution in [2.75, 3.05) is 6.61 Å². The lowest BCUT2D eigenvalue weighted by Gasteiger charge is -2.14. The first-order valence-corrected chi connectivity index (χ1v) is 6.73. The molecule has 0 unspecified atom stereocenters. The minimum atomic E-state index is -0.793. The fourth-order valence-electron chi connectivity index (χ4n) is 2.42. The smallest absolute Gasteiger partial charge is 0.306 e. The molecule has 1 fully saturated rings. The third-order valence-electron chi connectivity index (χ3n) is 3.41. The fraction of sp³-hybridized carbons (Fsp3) is 0.500. The quantitative estimate of drug-likeness (QED) is 0.851. The zero-order valence-electron chi connectivity index (χ0n) is 11.3. The van der Waals surface area contributed by atoms with Crippen molar-refractivity contribution in [2.45, 2.75) is 32.2 Å². The van der Waals surface area contributed by atoms with Crippen LogP contribution in [0.25, 0.3) is 0 Å². The number of aliphatic carboxylic acids is 1. The summed E-state index contributed by atoms with van der Waals surface area (Å²) in [5.41, 5.74) is 0.383. The SMILES string of the molecule is CCOc1ncccc1C(=O)N[C@H]1CC[C@@H](C(=O)O)C1. The second-order valence-corrected chi connectivity index (χ2v) is 4.81. The third-order valence-corrected chi connectivity index (χ3v) is 3.41. The molecule has 1 aliphatic rings. The molecule has 1 heterocycles. The molecule has 0 radical (unpaired) electrons. The van der Waals surface area contributed by atoms with Crippen molar-refractivity contribution in [1.29, 1.82) is 0 Å². The summed E-state index contributed by atoms with van der Waals surface area (Å²) in [5, 5.41) is 11.8. The summed E-state index contributed by atoms with van der Waals surface area (Å²) in [4.78, 5) is 27.1. The van der Waals surface area contributed by atoms with E-state index in [1.807, 2.05) is 6.92 Å². The molecule has 1 amide bonds. The van der Waals surface area contributed by atoms with Crippen molar-refractivity contribution in [2.24, 2.45) is 5.92 Å². The second-order valence-electron chi connectivity index (χ2n) is 4.81. The Balaban J connectivity index is 2.01. The van der Waals surface area contributed by atoms with E-state index in [9.17, 15) is 9.59 Å². The van der Waals surface area contributed by atoms with Crippen LogP contribution < -0.4 is 10.1 Å². The van der Waals surface area contributed by atoms with E-state index in [1.165, 1.54) is 0 Å². The van der Waals surface area contributed by atoms with Crippen molar-refractivity contribution in [3.8, 4) is 5.88 Å². The average Bonchev–Trinajstić information content (AvgIpc) is 2.88. The largest absolute Gasteiger partial charge is 0.481 e. The van der Waals surface area contributed by atoms with Gasteiger partial charge in [0.15, 0.2) is 0 Å². The van der Waals surface area contributed by atoms with Crippen LogP contribution in [0.3, 0.4) is 0 Å². The van der Waals surface area contributed by atoms with Crippen molar-refractivity contribution in [3.05, 3.63) is 23.9 Å². The molecule has 1 saturated carbocycles. The lowest BCUT2D eigenvalue weighted by Crippen LogP contribution is -2.33. The van der Waals surface area contributed by atoms with E-state index in [0.29, 0.717) is 37.3 Å². The molecule has 0 spiro atoms. The number of hydrogen-bond acceptors (Lipinski definition) is 4. The molecule has 1 aromatic rings. The van der Waals surface area contributed by atoms with E-state index in [-0.39, 0.29) is 17.9 Å². The Bertz CT molecular complexity index is 504. The van der Waals surface area contributed by atoms with Crippen LogP contribution in [0.5, 0.6) is 5.88 Å². The number of pyridine rings is 1. The van der Waals surface area contributed by atoms with Gasteiger partial charge in [0, 0.05) is 12.2 Å². The first-order chi connectivity index (χ1) is 9.61. The molecule has 20 heavy (non-hydrogen) atoms. The summed E-state index contributed by atoms with van der Waals surface area (Å²) in [6, 6.07) is 3.22. The van der Waals surface area contributed by atoms with Gasteiger partial charge in [-0.05, 0) is 38.3 Å². The summed E-state index contributed by atoms with van der Waals surface area (Å²) >= 11 is 0. The molecular formula is C14H18N2O4. The Morgan fingerprint density at radius 2 is 2.30 bits per heavy atom. The van der Waals surface area contributed by atoms with Gasteiger partial charge in [-0.25, -0.2) is 4.98 Å². The molecule has 1 aromatic heterocycles. The van der Waals surface area contributed by atoms with Crippen molar-refractivity contribution in [3.63, 3.8) is 0 Å². The number of carboxylic acids is 1. The summed E-state index contributed by atoms with van der Waals surface area (Å²) in [5.74, 6) is -1.11. The van der Waals surface area contributed by atoms with E-state index in [2.05, 4.69) is 10.3 Å². The van der Waals surface area contributed by atoms with E-state index in [4.69, 9.17) is 9.84 Å². The number of amides is 1. The molecule has 0 aliphatic heterocycles. The first kappa shape index (κ1) is 14.3. The fourth-order valence-corrected chi connectivity index (χ4v) is 2.42. The highest BCUT2D eigenvalue weighted by Gasteiger charge is 2.31. The molecule has 0 aromatic carbocycles. The zero-order chi connectivity index (χ0) is 14.5. The van der Waals surface area contributed by atoms with Gasteiger partial charge in [-0.3, -0.25) is 9.59 Å². The van der Waals surface area contributed by atoms with Crippen LogP contribution in [0.15, 0.2) is 18.3 Å². The number of hydrogen-bond donors (Lipinski definition) is 2. The van der Waals surface area contributed by atoms with Gasteiger partial charge >= 0.3 is 5.97 Å². The molecule has 2 rings (SSSR count). The van der Waals surface area contributed by atoms with E-state index in [1.54, 1.807) is 18.3 Å². The second kappa shape index (κ2) is 6.36. The Hall–Kier alpha value is -2.11. The monoisotopic (exact) mass is 278 g/mol. The highest BCUT2D eigenvalue weighted by Crippen LogP contribution is 2.26. The summed E-state index contributed by atoms with van der Waals surface area (Å²) in [6.45, 7) is 2.26. The van der Waals surface area contributed by atoms with Gasteiger partial charge < -0.3 is 15.2 Å². The molecule has 2 N–H and O–H groups in total. The van der Waals surface area contributed by atoms with Crippen LogP contribution in [0.1, 0.15) is 36.5 Å². The average molecular weight is 278 g/mol. The van der Waals surface area contributed by atoms with Gasteiger partial charge in [0.05, 0.1) is 12.5 Å². The minimum Gasteiger partial charge on any atom is -0.481 e. The predicted octanol–water partition coefficient (Wildman–Crippen LogP) is 1.46. The van der Waals surface area contributed by atoms with Crippen LogP contribution in [0, 0.1) is 5.92 Å². The standard InChI is InChI=1S/C14H18N2O4/c1-2-20-13-11(4-3-7-15-13)12(17)16-10-6-5-9(8-10)14(18)19/h3-4,7,9-10H,2,5-6,8H2,1H3,(H,16,17)(H,18,19)/t9-,10+/m1/s1. The van der Waals surface area contributed by atoms with Crippen molar-refractivity contribution >= 4 is 11.9 Å². The maximum Gasteiger partial charge on any atom is 0.306 e. The van der Waals surface area contributed by atoms with Gasteiger partial charge in [-0.1, -0.05) is 0 Å². The highest BCUT2D eigenvalue weighted by atomic mass is 16.5. The Kier molecular flexibility index (Phi) is 4.55. The van der Waals surface area contributed by atoms with Crippen LogP contribution in [0.2, 0.25) is 0 Å². The number of nitrogens with one attached hydrogen (secondary N) is 1. The number of nitrogens with zero attached hydrogens (tertiary/aromatic N) is 1. The van der Waals surface area contributed by atoms with Gasteiger partial charge in [0.25, 0.3) is 5.91 Å². The van der Waals surface area contributed by atoms with E-state index < -0.39 is 5.97 Å². The lowest BCUT2D eigenvalue weighted by atomic mass is 10.1. The normalized spacial score (nSPS) is 21.4. The van der Waals surface area contributed by atoms with E-state index >= 15 is 0 Å². The summed E-state index contributed by atoms with van der Waals surface area (Å²) in [7, 11) is 0. The van der Waals surface area contributed by atoms with Crippen LogP contribution in [-0.2, 0) is 4.79 Å². The van der Waals surface area contributed by atoms with Crippen LogP contribution in [-0.4, -0.2) is 34.6 Å². The van der Waals surface area contributed by atoms with Crippen molar-refractivity contribution < 1.29 is 19.4 Å². The zero-order valence-corrected chi connectivity index (χ0v) is 11.3. The molecule has 108 valence electrons. The maximum atomic E-state index is 12.2. The molecule has 0 saturated heterocycles. The van der Waals surface area contributed by atoms with Crippen LogP contribution >= 0.6 is 0 Å². The number of aromatic nitrogens is 1. The predicted molar refractivity (Wildman–Crippen MR) is 71.6 cm³/mol. The molecule has 6 nitrogen and oxygen atoms in total. The number of carbonyl (C=O) groups excluding carboxylic acids is 1. The Morgan fingerprint density at radius 3 is 2.95 bits per heavy atom. The lowest BCUT2D eigenvalue weighted by molar-refractivity contribution is -0.141. The van der Waals surface area contributed by atoms with Gasteiger partial charge in [0.2, 0.25) is 5.88 Å². The maximum absolute atomic E-state index is 12.2. The number of carbonyl (C=O) groups is 2. The molecule has 1 aliphatic carbocycles. The number of ether oxygens (including phenoxy) is 1. The van der Waals surface area contributed by atoms with Gasteiger partial charge in [-0.2, -0.15) is 0 Å². The number of carboxylic acid groups (broad SMARTS) is 1. The van der Waals surface area contributed by atoms with Crippen molar-refractivity contribution in [1.82, 2.24) is 10.3 Å². The first-order valence-electron chi connectivity index (χ1n) is 6.73. The minimum absolute atomic E-state index is 0.0988. The summed E-state index contributed by atoms with van der Waals surface area (Å²) in [6.07, 6.45) is 3.33. The third kappa shape index (κ3) is 3.26. The highest BCUT2D eigenvalue weighted by molar-refractivity contribution is 5.96. The topological polar surface area (TPSA) is 88.5 Å². The van der Waals surface area contributed by atoms with Gasteiger partial charge in [-0.15, -0.1) is 0 Å². The van der Waals surface area contributed by atoms with E-state index in [0.717, 1.165) is 0 Å². The Labute approximate surface area is 117 Å². The van der Waals surface area contributed by atoms with Gasteiger partial charge in [0.1, 0.15) is 5.56 Å². The molecule has 2 atom stereocenters. The molecule has 6 heteroatoms. The Morgan fingerprint density at radius 1 is 1.50 bits per heavy atom. The number of rotatable bonds is 5. The molecular weight excluding hydrogens is 260 g/mol.